The van der Waals surface area contributed by atoms with E-state index in [0.29, 0.717) is 54.3 Å². The van der Waals surface area contributed by atoms with Crippen molar-refractivity contribution in [2.75, 3.05) is 33.2 Å². The Kier molecular flexibility index (Phi) is 9.79. The second kappa shape index (κ2) is 13.9. The Bertz CT molecular complexity index is 1820. The number of para-hydroxylation sites is 2. The highest BCUT2D eigenvalue weighted by molar-refractivity contribution is 5.86. The Hall–Kier alpha value is -5.06. The van der Waals surface area contributed by atoms with Gasteiger partial charge in [0.05, 0.1) is 50.4 Å². The Morgan fingerprint density at radius 2 is 1.78 bits per heavy atom. The summed E-state index contributed by atoms with van der Waals surface area (Å²) in [5, 5.41) is 9.26. The molecule has 3 aromatic carbocycles. The van der Waals surface area contributed by atoms with E-state index in [1.165, 1.54) is 6.92 Å². The predicted molar refractivity (Wildman–Crippen MR) is 178 cm³/mol. The molecule has 11 heteroatoms. The number of hydrogen-bond acceptors (Lipinski definition) is 8. The first-order valence-electron chi connectivity index (χ1n) is 15.4. The minimum atomic E-state index is -0.674. The van der Waals surface area contributed by atoms with Crippen molar-refractivity contribution in [3.05, 3.63) is 76.2 Å². The first-order valence-corrected chi connectivity index (χ1v) is 15.4. The number of imidazole rings is 1. The first-order chi connectivity index (χ1) is 22.2. The van der Waals surface area contributed by atoms with Gasteiger partial charge >= 0.3 is 0 Å². The van der Waals surface area contributed by atoms with E-state index in [1.807, 2.05) is 54.8 Å². The number of anilines is 1. The van der Waals surface area contributed by atoms with Gasteiger partial charge in [0.25, 0.3) is 0 Å². The molecule has 4 aromatic rings. The third-order valence-electron chi connectivity index (χ3n) is 8.36. The maximum Gasteiger partial charge on any atom is 0.242 e. The third-order valence-corrected chi connectivity index (χ3v) is 8.36. The average molecular weight is 628 g/mol. The molecule has 3 N–H and O–H groups in total. The third kappa shape index (κ3) is 6.49. The fourth-order valence-corrected chi connectivity index (χ4v) is 6.13. The molecule has 5 rings (SSSR count). The number of rotatable bonds is 11. The quantitative estimate of drug-likeness (QED) is 0.222. The summed E-state index contributed by atoms with van der Waals surface area (Å²) in [6.07, 6.45) is 2.91. The van der Waals surface area contributed by atoms with Crippen LogP contribution in [0.5, 0.6) is 17.2 Å². The van der Waals surface area contributed by atoms with Gasteiger partial charge in [0.2, 0.25) is 23.0 Å². The number of carbonyl (C=O) groups excluding carboxylic acids is 2. The van der Waals surface area contributed by atoms with Crippen molar-refractivity contribution in [2.24, 2.45) is 5.92 Å². The zero-order valence-electron chi connectivity index (χ0n) is 27.1. The molecule has 0 bridgehead atoms. The maximum atomic E-state index is 13.8. The number of aromatic nitrogens is 2. The zero-order valence-corrected chi connectivity index (χ0v) is 27.1. The van der Waals surface area contributed by atoms with Crippen LogP contribution in [0.2, 0.25) is 0 Å². The highest BCUT2D eigenvalue weighted by Crippen LogP contribution is 2.50. The summed E-state index contributed by atoms with van der Waals surface area (Å²) in [5.41, 5.74) is 4.91. The van der Waals surface area contributed by atoms with E-state index in [-0.39, 0.29) is 28.8 Å². The van der Waals surface area contributed by atoms with Gasteiger partial charge < -0.3 is 34.7 Å². The molecular formula is C35H41N5O6. The van der Waals surface area contributed by atoms with Gasteiger partial charge in [0.15, 0.2) is 11.5 Å². The normalized spacial score (nSPS) is 14.5. The molecule has 11 nitrogen and oxygen atoms in total. The molecule has 242 valence electrons. The molecule has 46 heavy (non-hydrogen) atoms. The van der Waals surface area contributed by atoms with E-state index in [2.05, 4.69) is 20.9 Å². The van der Waals surface area contributed by atoms with Crippen LogP contribution in [0.4, 0.5) is 5.69 Å². The van der Waals surface area contributed by atoms with Gasteiger partial charge in [0.1, 0.15) is 6.04 Å². The van der Waals surface area contributed by atoms with Gasteiger partial charge in [-0.1, -0.05) is 32.0 Å². The molecule has 0 radical (unpaired) electrons. The summed E-state index contributed by atoms with van der Waals surface area (Å²) in [7, 11) is 4.67. The van der Waals surface area contributed by atoms with Crippen molar-refractivity contribution in [1.82, 2.24) is 20.2 Å². The lowest BCUT2D eigenvalue weighted by Crippen LogP contribution is -2.44. The molecule has 1 aromatic heterocycles. The van der Waals surface area contributed by atoms with Crippen LogP contribution < -0.4 is 35.6 Å². The highest BCUT2D eigenvalue weighted by atomic mass is 16.5. The summed E-state index contributed by atoms with van der Waals surface area (Å²) >= 11 is 0. The Labute approximate surface area is 268 Å². The molecular weight excluding hydrogens is 586 g/mol. The number of fused-ring (bicyclic) bond motifs is 4. The lowest BCUT2D eigenvalue weighted by Gasteiger charge is -2.22. The molecule has 0 saturated heterocycles. The monoisotopic (exact) mass is 627 g/mol. The maximum absolute atomic E-state index is 13.8. The lowest BCUT2D eigenvalue weighted by atomic mass is 9.95. The van der Waals surface area contributed by atoms with Crippen molar-refractivity contribution in [3.63, 3.8) is 0 Å². The van der Waals surface area contributed by atoms with Gasteiger partial charge in [-0.15, -0.1) is 0 Å². The smallest absolute Gasteiger partial charge is 0.242 e. The van der Waals surface area contributed by atoms with Crippen LogP contribution in [0.1, 0.15) is 44.4 Å². The highest BCUT2D eigenvalue weighted by Gasteiger charge is 2.30. The number of carbonyl (C=O) groups is 2. The first kappa shape index (κ1) is 32.3. The van der Waals surface area contributed by atoms with E-state index in [0.717, 1.165) is 22.2 Å². The van der Waals surface area contributed by atoms with E-state index in [9.17, 15) is 14.4 Å². The number of nitrogens with one attached hydrogen (secondary N) is 3. The van der Waals surface area contributed by atoms with Crippen molar-refractivity contribution in [2.45, 2.75) is 52.2 Å². The molecule has 1 aliphatic carbocycles. The molecule has 2 amide bonds. The Morgan fingerprint density at radius 1 is 1.02 bits per heavy atom. The molecule has 0 saturated carbocycles. The van der Waals surface area contributed by atoms with Crippen LogP contribution in [-0.2, 0) is 22.6 Å². The second-order valence-electron chi connectivity index (χ2n) is 11.7. The second-order valence-corrected chi connectivity index (χ2v) is 11.7. The minimum Gasteiger partial charge on any atom is -0.493 e. The standard InChI is InChI=1S/C35H41N5O6/c1-20(2)32(35(43)36-15-16-40-19-37-26-9-7-8-10-28(26)40)39-27-14-12-23-24(18-29(27)42)25(38-21(3)41)13-11-22-17-30(44-4)33(45-5)34(46-6)31(22)23/h7-10,12,14,17-20,25,32H,11,13,15-16H2,1-6H3,(H,36,43)(H,38,41)(H,39,42). The van der Waals surface area contributed by atoms with E-state index < -0.39 is 12.1 Å². The number of ether oxygens (including phenoxy) is 3. The van der Waals surface area contributed by atoms with Crippen LogP contribution in [-0.4, -0.2) is 55.3 Å². The molecule has 0 spiro atoms. The van der Waals surface area contributed by atoms with Crippen LogP contribution >= 0.6 is 0 Å². The van der Waals surface area contributed by atoms with Crippen LogP contribution in [0.3, 0.4) is 0 Å². The number of hydrogen-bond donors (Lipinski definition) is 3. The largest absolute Gasteiger partial charge is 0.493 e. The van der Waals surface area contributed by atoms with Crippen molar-refractivity contribution >= 4 is 28.5 Å². The molecule has 1 aliphatic rings. The van der Waals surface area contributed by atoms with Crippen LogP contribution in [0.25, 0.3) is 22.2 Å². The number of benzene rings is 2. The Morgan fingerprint density at radius 3 is 2.48 bits per heavy atom. The van der Waals surface area contributed by atoms with E-state index >= 15 is 0 Å². The van der Waals surface area contributed by atoms with E-state index in [4.69, 9.17) is 14.2 Å². The summed E-state index contributed by atoms with van der Waals surface area (Å²) in [6, 6.07) is 13.7. The summed E-state index contributed by atoms with van der Waals surface area (Å²) in [4.78, 5) is 43.9. The molecule has 0 aliphatic heterocycles. The number of methoxy groups -OCH3 is 3. The van der Waals surface area contributed by atoms with Gasteiger partial charge in [-0.05, 0) is 65.8 Å². The summed E-state index contributed by atoms with van der Waals surface area (Å²) in [5.74, 6) is 0.881. The topological polar surface area (TPSA) is 133 Å². The minimum absolute atomic E-state index is 0.124. The van der Waals surface area contributed by atoms with Crippen LogP contribution in [0.15, 0.2) is 59.7 Å². The molecule has 0 fully saturated rings. The van der Waals surface area contributed by atoms with Crippen molar-refractivity contribution in [3.8, 4) is 28.4 Å². The van der Waals surface area contributed by atoms with Crippen molar-refractivity contribution in [1.29, 1.82) is 0 Å². The fourth-order valence-electron chi connectivity index (χ4n) is 6.13. The van der Waals surface area contributed by atoms with Gasteiger partial charge in [-0.25, -0.2) is 4.98 Å². The van der Waals surface area contributed by atoms with Crippen molar-refractivity contribution < 1.29 is 23.8 Å². The number of nitrogens with zero attached hydrogens (tertiary/aromatic N) is 2. The molecule has 2 atom stereocenters. The zero-order chi connectivity index (χ0) is 33.0. The van der Waals surface area contributed by atoms with Crippen LogP contribution in [0, 0.1) is 5.92 Å². The summed E-state index contributed by atoms with van der Waals surface area (Å²) in [6.45, 7) is 6.26. The number of amides is 2. The van der Waals surface area contributed by atoms with Gasteiger partial charge in [0, 0.05) is 25.6 Å². The van der Waals surface area contributed by atoms with Gasteiger partial charge in [-0.3, -0.25) is 14.4 Å². The van der Waals surface area contributed by atoms with Gasteiger partial charge in [-0.2, -0.15) is 0 Å². The Balaban J connectivity index is 1.49. The number of aryl methyl sites for hydroxylation is 1. The average Bonchev–Trinajstić information content (AvgIpc) is 3.30. The lowest BCUT2D eigenvalue weighted by molar-refractivity contribution is -0.122. The SMILES string of the molecule is COc1cc2c(c(OC)c1OC)-c1ccc(NC(C(=O)NCCn3cnc4ccccc43)C(C)C)c(=O)cc1C(NC(C)=O)CC2. The predicted octanol–water partition coefficient (Wildman–Crippen LogP) is 4.47. The fraction of sp³-hybridized carbons (Fsp3) is 0.371. The molecule has 2 unspecified atom stereocenters. The molecule has 1 heterocycles. The summed E-state index contributed by atoms with van der Waals surface area (Å²) < 4.78 is 19.1. The van der Waals surface area contributed by atoms with E-state index in [1.54, 1.807) is 39.8 Å².